The van der Waals surface area contributed by atoms with Gasteiger partial charge in [-0.3, -0.25) is 9.59 Å². The van der Waals surface area contributed by atoms with Crippen LogP contribution in [-0.4, -0.2) is 9.30 Å². The predicted molar refractivity (Wildman–Crippen MR) is 230 cm³/mol. The van der Waals surface area contributed by atoms with Crippen molar-refractivity contribution >= 4 is 35.5 Å². The van der Waals surface area contributed by atoms with E-state index >= 15 is 0 Å². The van der Waals surface area contributed by atoms with E-state index in [-0.39, 0.29) is 10.9 Å². The molecule has 4 heterocycles. The Labute approximate surface area is 322 Å². The van der Waals surface area contributed by atoms with Crippen molar-refractivity contribution < 1.29 is 4.74 Å². The van der Waals surface area contributed by atoms with E-state index in [0.29, 0.717) is 45.2 Å². The second-order valence-corrected chi connectivity index (χ2v) is 13.9. The highest BCUT2D eigenvalue weighted by Gasteiger charge is 2.30. The number of para-hydroxylation sites is 2. The van der Waals surface area contributed by atoms with E-state index in [1.807, 2.05) is 73.7 Å². The number of pyridine rings is 2. The number of aromatic nitrogens is 1. The van der Waals surface area contributed by atoms with Gasteiger partial charge in [0.15, 0.2) is 16.6 Å². The molecule has 55 heavy (non-hydrogen) atoms. The van der Waals surface area contributed by atoms with Gasteiger partial charge in [-0.2, -0.15) is 0 Å². The molecule has 0 amide bonds. The van der Waals surface area contributed by atoms with Crippen molar-refractivity contribution in [3.05, 3.63) is 217 Å². The Bertz CT molecular complexity index is 2660. The largest absolute Gasteiger partial charge is 0.457 e. The van der Waals surface area contributed by atoms with Crippen LogP contribution in [0.25, 0.3) is 29.8 Å². The Balaban J connectivity index is 1.49. The summed E-state index contributed by atoms with van der Waals surface area (Å²) >= 11 is 0. The van der Waals surface area contributed by atoms with E-state index < -0.39 is 0 Å². The second kappa shape index (κ2) is 15.4. The van der Waals surface area contributed by atoms with Gasteiger partial charge in [-0.1, -0.05) is 87.1 Å². The normalized spacial score (nSPS) is 17.2. The number of anilines is 1. The number of benzene rings is 1. The molecule has 0 fully saturated rings. The molecule has 0 radical (unpaired) electrons. The van der Waals surface area contributed by atoms with Crippen LogP contribution in [0.4, 0.5) is 5.69 Å². The molecule has 1 aromatic carbocycles. The molecule has 0 saturated carbocycles. The fraction of sp³-hybridized carbons (Fsp3) is 0.143. The van der Waals surface area contributed by atoms with E-state index in [0.717, 1.165) is 70.4 Å². The molecule has 0 saturated heterocycles. The lowest BCUT2D eigenvalue weighted by Gasteiger charge is -2.36. The van der Waals surface area contributed by atoms with Crippen molar-refractivity contribution in [2.75, 3.05) is 4.90 Å². The molecule has 2 aromatic heterocycles. The van der Waals surface area contributed by atoms with Crippen LogP contribution in [0.5, 0.6) is 5.75 Å². The van der Waals surface area contributed by atoms with E-state index in [1.54, 1.807) is 37.3 Å². The summed E-state index contributed by atoms with van der Waals surface area (Å²) in [4.78, 5) is 33.4. The zero-order chi connectivity index (χ0) is 38.8. The van der Waals surface area contributed by atoms with Gasteiger partial charge in [0.2, 0.25) is 0 Å². The topological polar surface area (TPSA) is 54.3 Å². The van der Waals surface area contributed by atoms with Crippen LogP contribution in [0.15, 0.2) is 173 Å². The first-order valence-electron chi connectivity index (χ1n) is 18.6. The minimum Gasteiger partial charge on any atom is -0.457 e. The average molecular weight is 724 g/mol. The summed E-state index contributed by atoms with van der Waals surface area (Å²) in [6, 6.07) is 8.01. The average Bonchev–Trinajstić information content (AvgIpc) is 3.42. The maximum absolute atomic E-state index is 14.7. The first-order valence-corrected chi connectivity index (χ1v) is 18.6. The highest BCUT2D eigenvalue weighted by molar-refractivity contribution is 5.80. The maximum atomic E-state index is 14.7. The van der Waals surface area contributed by atoms with Crippen molar-refractivity contribution in [1.82, 2.24) is 9.30 Å². The van der Waals surface area contributed by atoms with E-state index in [4.69, 9.17) is 4.74 Å². The van der Waals surface area contributed by atoms with Gasteiger partial charge >= 0.3 is 0 Å². The molecule has 274 valence electrons. The third kappa shape index (κ3) is 6.50. The Morgan fingerprint density at radius 3 is 2.45 bits per heavy atom. The smallest absolute Gasteiger partial charge is 0.197 e. The summed E-state index contributed by atoms with van der Waals surface area (Å²) in [7, 11) is 0. The fourth-order valence-electron chi connectivity index (χ4n) is 7.84. The maximum Gasteiger partial charge on any atom is 0.197 e. The first kappa shape index (κ1) is 36.7. The predicted octanol–water partition coefficient (Wildman–Crippen LogP) is 10.1. The number of hydrogen-bond donors (Lipinski definition) is 0. The van der Waals surface area contributed by atoms with Crippen LogP contribution in [0, 0.1) is 13.8 Å². The van der Waals surface area contributed by atoms with Crippen LogP contribution in [0.1, 0.15) is 60.7 Å². The molecule has 4 aliphatic rings. The number of rotatable bonds is 9. The molecule has 0 atom stereocenters. The molecule has 0 spiro atoms. The third-order valence-corrected chi connectivity index (χ3v) is 10.4. The van der Waals surface area contributed by atoms with Crippen molar-refractivity contribution in [3.8, 4) is 5.75 Å². The van der Waals surface area contributed by atoms with Crippen LogP contribution in [-0.2, 0) is 0 Å². The standard InChI is InChI=1S/C49H45N3O3/c1-8-12-20-35-28-32(5)41(22-13-9-2)50(31-35)36(11-4)29-39-34(7)51-42-25-18-21-37(30-40(42)49(54)38(19-10-3)47(51)33(6)48(39)53)52-43-23-14-16-26-45(43)55-46-27-17-15-24-44(46)52/h8-16,18-20,22-26,29-31H,1-4,17,21,27-28H2,5-7H3/b20-12-,22-13-,36-29+,38-19+. The molecular formula is C49H45N3O3. The van der Waals surface area contributed by atoms with Gasteiger partial charge in [-0.25, -0.2) is 0 Å². The SMILES string of the molecule is C=C/C=C\C1=CN(/C(C=C)=C/c2c(C)n3c4c(c(=O)/c(=C/C=C)c3c(C)c2=O)C=C(N2C3=C(CCC=C3)Oc3ccccc32)CC=C4)C(/C=C\C=C)=C(C)C1. The lowest BCUT2D eigenvalue weighted by molar-refractivity contribution is 0.387. The third-order valence-electron chi connectivity index (χ3n) is 10.4. The molecule has 6 nitrogen and oxygen atoms in total. The van der Waals surface area contributed by atoms with E-state index in [2.05, 4.69) is 71.9 Å². The highest BCUT2D eigenvalue weighted by Crippen LogP contribution is 2.44. The lowest BCUT2D eigenvalue weighted by Crippen LogP contribution is -2.35. The van der Waals surface area contributed by atoms with Crippen LogP contribution >= 0.6 is 0 Å². The number of ether oxygens (including phenoxy) is 1. The number of nitrogens with zero attached hydrogens (tertiary/aromatic N) is 3. The Kier molecular flexibility index (Phi) is 10.2. The first-order chi connectivity index (χ1) is 26.7. The van der Waals surface area contributed by atoms with Gasteiger partial charge in [0.1, 0.15) is 5.76 Å². The molecule has 7 rings (SSSR count). The fourth-order valence-corrected chi connectivity index (χ4v) is 7.84. The Morgan fingerprint density at radius 2 is 1.69 bits per heavy atom. The zero-order valence-corrected chi connectivity index (χ0v) is 31.8. The molecule has 0 unspecified atom stereocenters. The van der Waals surface area contributed by atoms with Crippen molar-refractivity contribution in [1.29, 1.82) is 0 Å². The van der Waals surface area contributed by atoms with Gasteiger partial charge in [-0.15, -0.1) is 0 Å². The molecule has 0 bridgehead atoms. The number of aryl methyl sites for hydroxylation is 2. The molecular weight excluding hydrogens is 679 g/mol. The van der Waals surface area contributed by atoms with E-state index in [1.165, 1.54) is 0 Å². The molecule has 2 aliphatic heterocycles. The van der Waals surface area contributed by atoms with Gasteiger partial charge in [0.05, 0.1) is 22.6 Å². The van der Waals surface area contributed by atoms with Gasteiger partial charge in [0, 0.05) is 63.7 Å². The van der Waals surface area contributed by atoms with E-state index in [9.17, 15) is 9.59 Å². The number of allylic oxidation sites excluding steroid dienone is 14. The lowest BCUT2D eigenvalue weighted by atomic mass is 9.98. The number of fused-ring (bicyclic) bond motifs is 4. The molecule has 0 N–H and O–H groups in total. The minimum atomic E-state index is -0.163. The summed E-state index contributed by atoms with van der Waals surface area (Å²) in [6.45, 7) is 21.7. The Hall–Kier alpha value is -6.66. The number of hydrogen-bond acceptors (Lipinski definition) is 5. The second-order valence-electron chi connectivity index (χ2n) is 13.9. The summed E-state index contributed by atoms with van der Waals surface area (Å²) in [5.41, 5.74) is 9.95. The summed E-state index contributed by atoms with van der Waals surface area (Å²) in [5.74, 6) is 1.70. The molecule has 6 heteroatoms. The zero-order valence-electron chi connectivity index (χ0n) is 31.8. The van der Waals surface area contributed by atoms with Gasteiger partial charge < -0.3 is 18.9 Å². The molecule has 2 aliphatic carbocycles. The van der Waals surface area contributed by atoms with Gasteiger partial charge in [0.25, 0.3) is 0 Å². The van der Waals surface area contributed by atoms with Crippen LogP contribution in [0.2, 0.25) is 0 Å². The van der Waals surface area contributed by atoms with Crippen molar-refractivity contribution in [2.24, 2.45) is 0 Å². The van der Waals surface area contributed by atoms with Gasteiger partial charge in [-0.05, 0) is 99.4 Å². The van der Waals surface area contributed by atoms with Crippen molar-refractivity contribution in [3.63, 3.8) is 0 Å². The van der Waals surface area contributed by atoms with Crippen LogP contribution in [0.3, 0.4) is 0 Å². The summed E-state index contributed by atoms with van der Waals surface area (Å²) in [6.07, 6.45) is 33.9. The Morgan fingerprint density at radius 1 is 0.909 bits per heavy atom. The summed E-state index contributed by atoms with van der Waals surface area (Å²) in [5, 5.41) is 0.421. The quantitative estimate of drug-likeness (QED) is 0.206. The highest BCUT2D eigenvalue weighted by atomic mass is 16.5. The van der Waals surface area contributed by atoms with Crippen LogP contribution < -0.4 is 25.7 Å². The summed E-state index contributed by atoms with van der Waals surface area (Å²) < 4.78 is 8.44. The minimum absolute atomic E-state index is 0.158. The van der Waals surface area contributed by atoms with Crippen molar-refractivity contribution in [2.45, 2.75) is 46.5 Å². The molecule has 3 aromatic rings. The monoisotopic (exact) mass is 723 g/mol.